The van der Waals surface area contributed by atoms with Gasteiger partial charge in [-0.15, -0.1) is 11.3 Å². The molecule has 0 atom stereocenters. The SMILES string of the molecule is O=C(Cc1cccc(F)c1F)NCc1nc(C(=O)O)cs1. The first-order valence-electron chi connectivity index (χ1n) is 5.84. The van der Waals surface area contributed by atoms with Gasteiger partial charge in [0.15, 0.2) is 17.3 Å². The van der Waals surface area contributed by atoms with E-state index in [-0.39, 0.29) is 24.2 Å². The summed E-state index contributed by atoms with van der Waals surface area (Å²) in [5, 5.41) is 13.0. The molecule has 21 heavy (non-hydrogen) atoms. The molecule has 0 fully saturated rings. The minimum absolute atomic E-state index is 0.0354. The van der Waals surface area contributed by atoms with Crippen LogP contribution in [-0.4, -0.2) is 22.0 Å². The summed E-state index contributed by atoms with van der Waals surface area (Å²) in [5.41, 5.74) is -0.140. The average Bonchev–Trinajstić information content (AvgIpc) is 2.91. The van der Waals surface area contributed by atoms with Gasteiger partial charge in [-0.25, -0.2) is 18.6 Å². The number of carboxylic acids is 1. The van der Waals surface area contributed by atoms with Crippen LogP contribution in [0.15, 0.2) is 23.6 Å². The molecule has 0 aliphatic heterocycles. The molecule has 1 aromatic heterocycles. The lowest BCUT2D eigenvalue weighted by atomic mass is 10.1. The summed E-state index contributed by atoms with van der Waals surface area (Å²) in [4.78, 5) is 26.1. The molecule has 0 aliphatic rings. The molecule has 1 amide bonds. The fourth-order valence-electron chi connectivity index (χ4n) is 1.58. The highest BCUT2D eigenvalue weighted by molar-refractivity contribution is 7.09. The Balaban J connectivity index is 1.92. The molecule has 2 rings (SSSR count). The molecule has 8 heteroatoms. The number of thiazole rings is 1. The van der Waals surface area contributed by atoms with Crippen molar-refractivity contribution in [1.82, 2.24) is 10.3 Å². The summed E-state index contributed by atoms with van der Waals surface area (Å²) in [6.45, 7) is 0.0354. The van der Waals surface area contributed by atoms with Crippen LogP contribution in [0.3, 0.4) is 0 Å². The van der Waals surface area contributed by atoms with E-state index >= 15 is 0 Å². The number of carbonyl (C=O) groups excluding carboxylic acids is 1. The lowest BCUT2D eigenvalue weighted by Gasteiger charge is -2.05. The molecule has 0 bridgehead atoms. The zero-order chi connectivity index (χ0) is 15.4. The topological polar surface area (TPSA) is 79.3 Å². The van der Waals surface area contributed by atoms with Crippen molar-refractivity contribution < 1.29 is 23.5 Å². The summed E-state index contributed by atoms with van der Waals surface area (Å²) in [6, 6.07) is 3.62. The van der Waals surface area contributed by atoms with Gasteiger partial charge in [0, 0.05) is 10.9 Å². The number of hydrogen-bond donors (Lipinski definition) is 2. The maximum Gasteiger partial charge on any atom is 0.355 e. The summed E-state index contributed by atoms with van der Waals surface area (Å²) in [7, 11) is 0. The lowest BCUT2D eigenvalue weighted by Crippen LogP contribution is -2.25. The smallest absolute Gasteiger partial charge is 0.355 e. The number of halogens is 2. The van der Waals surface area contributed by atoms with E-state index in [0.717, 1.165) is 17.4 Å². The number of nitrogens with zero attached hydrogens (tertiary/aromatic N) is 1. The fourth-order valence-corrected chi connectivity index (χ4v) is 2.29. The Bertz CT molecular complexity index is 688. The number of amides is 1. The number of carbonyl (C=O) groups is 2. The van der Waals surface area contributed by atoms with Crippen molar-refractivity contribution in [1.29, 1.82) is 0 Å². The first kappa shape index (κ1) is 15.0. The third-order valence-corrected chi connectivity index (χ3v) is 3.44. The number of benzene rings is 1. The summed E-state index contributed by atoms with van der Waals surface area (Å²) < 4.78 is 26.4. The molecule has 5 nitrogen and oxygen atoms in total. The molecule has 110 valence electrons. The first-order valence-corrected chi connectivity index (χ1v) is 6.72. The molecular formula is C13H10F2N2O3S. The van der Waals surface area contributed by atoms with Gasteiger partial charge in [0.05, 0.1) is 13.0 Å². The average molecular weight is 312 g/mol. The van der Waals surface area contributed by atoms with Crippen molar-refractivity contribution in [3.63, 3.8) is 0 Å². The van der Waals surface area contributed by atoms with Crippen LogP contribution in [0.5, 0.6) is 0 Å². The number of aromatic nitrogens is 1. The van der Waals surface area contributed by atoms with E-state index in [1.165, 1.54) is 17.5 Å². The molecule has 2 N–H and O–H groups in total. The van der Waals surface area contributed by atoms with Crippen molar-refractivity contribution in [2.45, 2.75) is 13.0 Å². The molecule has 0 radical (unpaired) electrons. The van der Waals surface area contributed by atoms with E-state index in [0.29, 0.717) is 5.01 Å². The highest BCUT2D eigenvalue weighted by atomic mass is 32.1. The van der Waals surface area contributed by atoms with Crippen molar-refractivity contribution in [2.24, 2.45) is 0 Å². The number of rotatable bonds is 5. The van der Waals surface area contributed by atoms with Crippen LogP contribution >= 0.6 is 11.3 Å². The van der Waals surface area contributed by atoms with Crippen molar-refractivity contribution in [2.75, 3.05) is 0 Å². The zero-order valence-electron chi connectivity index (χ0n) is 10.6. The van der Waals surface area contributed by atoms with Gasteiger partial charge in [0.2, 0.25) is 5.91 Å². The fraction of sp³-hybridized carbons (Fsp3) is 0.154. The van der Waals surface area contributed by atoms with E-state index in [4.69, 9.17) is 5.11 Å². The molecule has 2 aromatic rings. The van der Waals surface area contributed by atoms with Gasteiger partial charge in [0.1, 0.15) is 5.01 Å². The van der Waals surface area contributed by atoms with Crippen LogP contribution in [0, 0.1) is 11.6 Å². The Hall–Kier alpha value is -2.35. The van der Waals surface area contributed by atoms with E-state index < -0.39 is 23.5 Å². The van der Waals surface area contributed by atoms with Crippen LogP contribution in [0.2, 0.25) is 0 Å². The Morgan fingerprint density at radius 1 is 1.33 bits per heavy atom. The second-order valence-corrected chi connectivity index (χ2v) is 5.04. The molecule has 0 saturated heterocycles. The second kappa shape index (κ2) is 6.40. The predicted molar refractivity (Wildman–Crippen MR) is 71.0 cm³/mol. The minimum Gasteiger partial charge on any atom is -0.476 e. The minimum atomic E-state index is -1.15. The van der Waals surface area contributed by atoms with E-state index in [2.05, 4.69) is 10.3 Å². The molecule has 0 unspecified atom stereocenters. The number of hydrogen-bond acceptors (Lipinski definition) is 4. The lowest BCUT2D eigenvalue weighted by molar-refractivity contribution is -0.120. The van der Waals surface area contributed by atoms with E-state index in [1.54, 1.807) is 0 Å². The van der Waals surface area contributed by atoms with Gasteiger partial charge < -0.3 is 10.4 Å². The quantitative estimate of drug-likeness (QED) is 0.885. The summed E-state index contributed by atoms with van der Waals surface area (Å²) in [6.07, 6.45) is -0.305. The molecule has 1 aromatic carbocycles. The van der Waals surface area contributed by atoms with Crippen molar-refractivity contribution in [3.8, 4) is 0 Å². The van der Waals surface area contributed by atoms with Crippen molar-refractivity contribution >= 4 is 23.2 Å². The monoisotopic (exact) mass is 312 g/mol. The highest BCUT2D eigenvalue weighted by Crippen LogP contribution is 2.12. The van der Waals surface area contributed by atoms with Crippen molar-refractivity contribution in [3.05, 3.63) is 51.5 Å². The number of nitrogens with one attached hydrogen (secondary N) is 1. The van der Waals surface area contributed by atoms with E-state index in [1.807, 2.05) is 0 Å². The van der Waals surface area contributed by atoms with Gasteiger partial charge in [-0.3, -0.25) is 4.79 Å². The van der Waals surface area contributed by atoms with E-state index in [9.17, 15) is 18.4 Å². The molecule has 0 spiro atoms. The number of aromatic carboxylic acids is 1. The molecule has 0 saturated carbocycles. The molecule has 1 heterocycles. The number of carboxylic acid groups (broad SMARTS) is 1. The standard InChI is InChI=1S/C13H10F2N2O3S/c14-8-3-1-2-7(12(8)15)4-10(18)16-5-11-17-9(6-21-11)13(19)20/h1-3,6H,4-5H2,(H,16,18)(H,19,20). The second-order valence-electron chi connectivity index (χ2n) is 4.10. The van der Waals surface area contributed by atoms with Gasteiger partial charge in [-0.1, -0.05) is 12.1 Å². The van der Waals surface area contributed by atoms with Crippen LogP contribution in [-0.2, 0) is 17.8 Å². The Morgan fingerprint density at radius 2 is 2.10 bits per heavy atom. The van der Waals surface area contributed by atoms with Gasteiger partial charge in [-0.2, -0.15) is 0 Å². The third kappa shape index (κ3) is 3.82. The molecule has 0 aliphatic carbocycles. The normalized spacial score (nSPS) is 10.4. The summed E-state index contributed by atoms with van der Waals surface area (Å²) in [5.74, 6) is -3.71. The zero-order valence-corrected chi connectivity index (χ0v) is 11.4. The van der Waals surface area contributed by atoms with Gasteiger partial charge >= 0.3 is 5.97 Å². The Labute approximate surface area is 122 Å². The highest BCUT2D eigenvalue weighted by Gasteiger charge is 2.13. The first-order chi connectivity index (χ1) is 9.97. The van der Waals surface area contributed by atoms with Crippen LogP contribution in [0.4, 0.5) is 8.78 Å². The largest absolute Gasteiger partial charge is 0.476 e. The van der Waals surface area contributed by atoms with Gasteiger partial charge in [0.25, 0.3) is 0 Å². The predicted octanol–water partition coefficient (Wildman–Crippen LogP) is 1.98. The van der Waals surface area contributed by atoms with Crippen LogP contribution < -0.4 is 5.32 Å². The maximum absolute atomic E-state index is 13.4. The maximum atomic E-state index is 13.4. The van der Waals surface area contributed by atoms with Gasteiger partial charge in [-0.05, 0) is 6.07 Å². The Kier molecular flexibility index (Phi) is 4.59. The van der Waals surface area contributed by atoms with Crippen LogP contribution in [0.1, 0.15) is 21.1 Å². The third-order valence-electron chi connectivity index (χ3n) is 2.59. The molecular weight excluding hydrogens is 302 g/mol. The summed E-state index contributed by atoms with van der Waals surface area (Å²) >= 11 is 1.09. The Morgan fingerprint density at radius 3 is 2.76 bits per heavy atom. The van der Waals surface area contributed by atoms with Crippen LogP contribution in [0.25, 0.3) is 0 Å².